The standard InChI is InChI=1S/C12H17N5O2/c1-12(2)18-6-8(19-12)3-4-17-7-15-9-5-14-11(13)16-10(9)17/h5,7-8H,3-4,6H2,1-2H3,(H2,13,14,16)/t8-/m1/s1. The second-order valence-electron chi connectivity index (χ2n) is 5.11. The van der Waals surface area contributed by atoms with Crippen LogP contribution in [0.5, 0.6) is 0 Å². The van der Waals surface area contributed by atoms with Gasteiger partial charge in [-0.15, -0.1) is 0 Å². The lowest BCUT2D eigenvalue weighted by molar-refractivity contribution is -0.139. The van der Waals surface area contributed by atoms with Crippen LogP contribution in [-0.4, -0.2) is 38.0 Å². The molecule has 0 spiro atoms. The van der Waals surface area contributed by atoms with E-state index in [-0.39, 0.29) is 12.1 Å². The monoisotopic (exact) mass is 263 g/mol. The molecule has 0 bridgehead atoms. The van der Waals surface area contributed by atoms with E-state index in [0.717, 1.165) is 24.1 Å². The third-order valence-electron chi connectivity index (χ3n) is 3.14. The quantitative estimate of drug-likeness (QED) is 0.887. The molecular formula is C12H17N5O2. The van der Waals surface area contributed by atoms with Crippen molar-refractivity contribution in [3.63, 3.8) is 0 Å². The molecule has 2 aromatic heterocycles. The number of ether oxygens (including phenoxy) is 2. The SMILES string of the molecule is CC1(C)OC[C@@H](CCn2cnc3cnc(N)nc32)O1. The van der Waals surface area contributed by atoms with Crippen molar-refractivity contribution in [2.75, 3.05) is 12.3 Å². The number of nitrogens with two attached hydrogens (primary N) is 1. The Kier molecular flexibility index (Phi) is 2.87. The largest absolute Gasteiger partial charge is 0.368 e. The number of fused-ring (bicyclic) bond motifs is 1. The summed E-state index contributed by atoms with van der Waals surface area (Å²) < 4.78 is 13.3. The normalized spacial score (nSPS) is 22.1. The lowest BCUT2D eigenvalue weighted by Crippen LogP contribution is -2.22. The molecule has 0 aliphatic carbocycles. The molecule has 0 saturated carbocycles. The number of anilines is 1. The third-order valence-corrected chi connectivity index (χ3v) is 3.14. The first kappa shape index (κ1) is 12.3. The van der Waals surface area contributed by atoms with E-state index >= 15 is 0 Å². The number of aryl methyl sites for hydroxylation is 1. The molecule has 0 radical (unpaired) electrons. The maximum atomic E-state index is 5.77. The van der Waals surface area contributed by atoms with Gasteiger partial charge in [0.05, 0.1) is 25.2 Å². The highest BCUT2D eigenvalue weighted by atomic mass is 16.7. The van der Waals surface area contributed by atoms with Crippen molar-refractivity contribution in [1.29, 1.82) is 0 Å². The summed E-state index contributed by atoms with van der Waals surface area (Å²) in [5.74, 6) is -0.218. The van der Waals surface area contributed by atoms with Crippen molar-refractivity contribution < 1.29 is 9.47 Å². The number of hydrogen-bond acceptors (Lipinski definition) is 6. The molecule has 1 saturated heterocycles. The summed E-state index contributed by atoms with van der Waals surface area (Å²) in [6.45, 7) is 5.23. The van der Waals surface area contributed by atoms with Crippen molar-refractivity contribution in [3.8, 4) is 0 Å². The molecule has 19 heavy (non-hydrogen) atoms. The molecule has 2 aromatic rings. The molecule has 102 valence electrons. The number of nitrogens with zero attached hydrogens (tertiary/aromatic N) is 4. The Morgan fingerprint density at radius 2 is 2.32 bits per heavy atom. The number of nitrogen functional groups attached to an aromatic ring is 1. The van der Waals surface area contributed by atoms with Crippen molar-refractivity contribution in [3.05, 3.63) is 12.5 Å². The number of aromatic nitrogens is 4. The summed E-state index contributed by atoms with van der Waals surface area (Å²) in [7, 11) is 0. The molecule has 0 amide bonds. The van der Waals surface area contributed by atoms with Crippen LogP contribution in [0.1, 0.15) is 20.3 Å². The second-order valence-corrected chi connectivity index (χ2v) is 5.11. The maximum absolute atomic E-state index is 5.77. The summed E-state index contributed by atoms with van der Waals surface area (Å²) in [6, 6.07) is 0. The van der Waals surface area contributed by atoms with E-state index in [2.05, 4.69) is 15.0 Å². The molecule has 0 unspecified atom stereocenters. The van der Waals surface area contributed by atoms with Gasteiger partial charge in [-0.25, -0.2) is 9.97 Å². The van der Waals surface area contributed by atoms with Crippen molar-refractivity contribution in [1.82, 2.24) is 19.5 Å². The van der Waals surface area contributed by atoms with Crippen LogP contribution < -0.4 is 5.73 Å². The molecule has 2 N–H and O–H groups in total. The topological polar surface area (TPSA) is 88.1 Å². The lowest BCUT2D eigenvalue weighted by Gasteiger charge is -2.17. The Bertz CT molecular complexity index is 595. The second kappa shape index (κ2) is 4.43. The Morgan fingerprint density at radius 3 is 3.05 bits per heavy atom. The number of hydrogen-bond donors (Lipinski definition) is 1. The van der Waals surface area contributed by atoms with E-state index in [1.807, 2.05) is 18.4 Å². The first-order chi connectivity index (χ1) is 9.03. The van der Waals surface area contributed by atoms with Gasteiger partial charge < -0.3 is 19.8 Å². The minimum absolute atomic E-state index is 0.103. The molecule has 7 heteroatoms. The molecule has 1 atom stereocenters. The van der Waals surface area contributed by atoms with Gasteiger partial charge in [0.15, 0.2) is 11.4 Å². The van der Waals surface area contributed by atoms with Crippen molar-refractivity contribution in [2.45, 2.75) is 38.7 Å². The van der Waals surface area contributed by atoms with Gasteiger partial charge in [-0.3, -0.25) is 0 Å². The Labute approximate surface area is 110 Å². The molecule has 0 aromatic carbocycles. The molecule has 3 heterocycles. The zero-order chi connectivity index (χ0) is 13.5. The maximum Gasteiger partial charge on any atom is 0.222 e. The van der Waals surface area contributed by atoms with Gasteiger partial charge in [-0.2, -0.15) is 4.98 Å². The molecule has 1 aliphatic rings. The first-order valence-electron chi connectivity index (χ1n) is 6.29. The zero-order valence-electron chi connectivity index (χ0n) is 11.0. The predicted molar refractivity (Wildman–Crippen MR) is 69.3 cm³/mol. The fourth-order valence-corrected chi connectivity index (χ4v) is 2.22. The van der Waals surface area contributed by atoms with E-state index in [1.165, 1.54) is 0 Å². The highest BCUT2D eigenvalue weighted by molar-refractivity contribution is 5.70. The van der Waals surface area contributed by atoms with Crippen LogP contribution in [0.2, 0.25) is 0 Å². The van der Waals surface area contributed by atoms with E-state index < -0.39 is 5.79 Å². The number of rotatable bonds is 3. The fourth-order valence-electron chi connectivity index (χ4n) is 2.22. The minimum atomic E-state index is -0.478. The van der Waals surface area contributed by atoms with Crippen LogP contribution >= 0.6 is 0 Å². The third kappa shape index (κ3) is 2.52. The van der Waals surface area contributed by atoms with E-state index in [9.17, 15) is 0 Å². The summed E-state index contributed by atoms with van der Waals surface area (Å²) >= 11 is 0. The Morgan fingerprint density at radius 1 is 1.47 bits per heavy atom. The van der Waals surface area contributed by atoms with Crippen LogP contribution in [0.15, 0.2) is 12.5 Å². The van der Waals surface area contributed by atoms with Crippen LogP contribution in [0.25, 0.3) is 11.2 Å². The fraction of sp³-hybridized carbons (Fsp3) is 0.583. The molecule has 7 nitrogen and oxygen atoms in total. The zero-order valence-corrected chi connectivity index (χ0v) is 11.0. The van der Waals surface area contributed by atoms with Gasteiger partial charge in [0, 0.05) is 6.54 Å². The molecule has 1 aliphatic heterocycles. The Balaban J connectivity index is 1.70. The van der Waals surface area contributed by atoms with Gasteiger partial charge in [-0.05, 0) is 20.3 Å². The van der Waals surface area contributed by atoms with Crippen molar-refractivity contribution in [2.24, 2.45) is 0 Å². The lowest BCUT2D eigenvalue weighted by atomic mass is 10.2. The molecule has 1 fully saturated rings. The summed E-state index contributed by atoms with van der Waals surface area (Å²) in [4.78, 5) is 12.4. The van der Waals surface area contributed by atoms with Crippen LogP contribution in [0.3, 0.4) is 0 Å². The van der Waals surface area contributed by atoms with Gasteiger partial charge in [-0.1, -0.05) is 0 Å². The Hall–Kier alpha value is -1.73. The average molecular weight is 263 g/mol. The van der Waals surface area contributed by atoms with Gasteiger partial charge in [0.2, 0.25) is 5.95 Å². The van der Waals surface area contributed by atoms with Gasteiger partial charge in [0.25, 0.3) is 0 Å². The summed E-state index contributed by atoms with van der Waals surface area (Å²) in [6.07, 6.45) is 4.33. The van der Waals surface area contributed by atoms with E-state index in [0.29, 0.717) is 6.61 Å². The van der Waals surface area contributed by atoms with Crippen LogP contribution in [-0.2, 0) is 16.0 Å². The molecule has 3 rings (SSSR count). The van der Waals surface area contributed by atoms with Crippen LogP contribution in [0.4, 0.5) is 5.95 Å². The first-order valence-corrected chi connectivity index (χ1v) is 6.29. The van der Waals surface area contributed by atoms with E-state index in [4.69, 9.17) is 15.2 Å². The average Bonchev–Trinajstić information content (AvgIpc) is 2.90. The van der Waals surface area contributed by atoms with Crippen LogP contribution in [0, 0.1) is 0 Å². The van der Waals surface area contributed by atoms with Gasteiger partial charge in [0.1, 0.15) is 5.52 Å². The minimum Gasteiger partial charge on any atom is -0.368 e. The smallest absolute Gasteiger partial charge is 0.222 e. The van der Waals surface area contributed by atoms with Gasteiger partial charge >= 0.3 is 0 Å². The highest BCUT2D eigenvalue weighted by Gasteiger charge is 2.32. The summed E-state index contributed by atoms with van der Waals surface area (Å²) in [5.41, 5.74) is 7.10. The highest BCUT2D eigenvalue weighted by Crippen LogP contribution is 2.24. The van der Waals surface area contributed by atoms with E-state index in [1.54, 1.807) is 12.5 Å². The molecular weight excluding hydrogens is 246 g/mol. The predicted octanol–water partition coefficient (Wildman–Crippen LogP) is 0.950. The summed E-state index contributed by atoms with van der Waals surface area (Å²) in [5, 5.41) is 0. The number of imidazole rings is 1. The van der Waals surface area contributed by atoms with Crippen molar-refractivity contribution >= 4 is 17.1 Å².